The highest BCUT2D eigenvalue weighted by Crippen LogP contribution is 1.40. The van der Waals surface area contributed by atoms with E-state index in [9.17, 15) is 0 Å². The van der Waals surface area contributed by atoms with Crippen molar-refractivity contribution in [3.05, 3.63) is 0 Å². The molecule has 0 unspecified atom stereocenters. The van der Waals surface area contributed by atoms with Gasteiger partial charge in [-0.15, -0.1) is 0 Å². The van der Waals surface area contributed by atoms with Gasteiger partial charge in [0.2, 0.25) is 0 Å². The molecule has 0 spiro atoms. The minimum Gasteiger partial charge on any atom is -1.00 e. The van der Waals surface area contributed by atoms with E-state index < -0.39 is 0 Å². The van der Waals surface area contributed by atoms with Gasteiger partial charge in [-0.2, -0.15) is 0 Å². The molecule has 1 aliphatic rings. The summed E-state index contributed by atoms with van der Waals surface area (Å²) >= 11 is 0. The Balaban J connectivity index is -0.000000270. The van der Waals surface area contributed by atoms with Gasteiger partial charge in [0.15, 0.2) is 0 Å². The van der Waals surface area contributed by atoms with Crippen molar-refractivity contribution in [3.63, 3.8) is 0 Å². The number of nitrogens with two attached hydrogens (primary N) is 3. The Hall–Kier alpha value is 0.750. The van der Waals surface area contributed by atoms with E-state index in [4.69, 9.17) is 0 Å². The summed E-state index contributed by atoms with van der Waals surface area (Å²) in [5, 5.41) is 7.20. The van der Waals surface area contributed by atoms with E-state index in [1.165, 1.54) is 39.3 Å². The molecule has 12 heavy (non-hydrogen) atoms. The molecular formula is C6H18Cl3N3. The summed E-state index contributed by atoms with van der Waals surface area (Å²) in [6.07, 6.45) is 0. The third kappa shape index (κ3) is 10.8. The number of halogens is 3. The lowest BCUT2D eigenvalue weighted by atomic mass is 10.6. The van der Waals surface area contributed by atoms with Gasteiger partial charge in [-0.1, -0.05) is 0 Å². The maximum absolute atomic E-state index is 2.40. The first kappa shape index (κ1) is 18.5. The molecule has 0 aromatic carbocycles. The fourth-order valence-electron chi connectivity index (χ4n) is 1.14. The molecule has 6 N–H and O–H groups in total. The van der Waals surface area contributed by atoms with Crippen LogP contribution in [0.2, 0.25) is 0 Å². The van der Waals surface area contributed by atoms with Gasteiger partial charge in [-0.05, 0) is 0 Å². The topological polar surface area (TPSA) is 49.8 Å². The summed E-state index contributed by atoms with van der Waals surface area (Å²) < 4.78 is 0. The Morgan fingerprint density at radius 2 is 0.583 bits per heavy atom. The normalized spacial score (nSPS) is 18.0. The SMILES string of the molecule is C1C[NH2+]CC[NH2+]CC[NH2+]1.[Cl-].[Cl-].[Cl-]. The largest absolute Gasteiger partial charge is 1.00 e. The fourth-order valence-corrected chi connectivity index (χ4v) is 1.14. The molecule has 1 saturated heterocycles. The molecular weight excluding hydrogens is 220 g/mol. The van der Waals surface area contributed by atoms with Crippen LogP contribution in [-0.2, 0) is 0 Å². The van der Waals surface area contributed by atoms with Gasteiger partial charge in [0, 0.05) is 0 Å². The quantitative estimate of drug-likeness (QED) is 0.376. The summed E-state index contributed by atoms with van der Waals surface area (Å²) in [6.45, 7) is 7.80. The number of quaternary nitrogens is 3. The van der Waals surface area contributed by atoms with E-state index in [1.54, 1.807) is 0 Å². The average Bonchev–Trinajstić information content (AvgIpc) is 2.00. The Morgan fingerprint density at radius 3 is 0.750 bits per heavy atom. The predicted octanol–water partition coefficient (Wildman–Crippen LogP) is -13.3. The third-order valence-corrected chi connectivity index (χ3v) is 1.72. The highest BCUT2D eigenvalue weighted by molar-refractivity contribution is 4.23. The summed E-state index contributed by atoms with van der Waals surface area (Å²) in [6, 6.07) is 0. The molecule has 0 aromatic rings. The second-order valence-corrected chi connectivity index (χ2v) is 2.60. The van der Waals surface area contributed by atoms with Crippen molar-refractivity contribution in [2.75, 3.05) is 39.3 Å². The molecule has 0 saturated carbocycles. The van der Waals surface area contributed by atoms with E-state index in [0.717, 1.165) is 0 Å². The van der Waals surface area contributed by atoms with E-state index in [-0.39, 0.29) is 37.2 Å². The number of rotatable bonds is 0. The lowest BCUT2D eigenvalue weighted by Gasteiger charge is -1.93. The fraction of sp³-hybridized carbons (Fsp3) is 1.00. The van der Waals surface area contributed by atoms with Crippen LogP contribution in [0.5, 0.6) is 0 Å². The minimum absolute atomic E-state index is 0. The summed E-state index contributed by atoms with van der Waals surface area (Å²) in [5.41, 5.74) is 0. The lowest BCUT2D eigenvalue weighted by molar-refractivity contribution is -0.718. The molecule has 1 aliphatic heterocycles. The van der Waals surface area contributed by atoms with Crippen LogP contribution >= 0.6 is 0 Å². The second-order valence-electron chi connectivity index (χ2n) is 2.60. The molecule has 0 radical (unpaired) electrons. The van der Waals surface area contributed by atoms with Crippen molar-refractivity contribution in [1.82, 2.24) is 0 Å². The smallest absolute Gasteiger partial charge is 0.125 e. The zero-order valence-corrected chi connectivity index (χ0v) is 9.38. The Bertz CT molecular complexity index is 46.5. The Morgan fingerprint density at radius 1 is 0.417 bits per heavy atom. The predicted molar refractivity (Wildman–Crippen MR) is 35.0 cm³/mol. The molecule has 1 heterocycles. The van der Waals surface area contributed by atoms with Gasteiger partial charge in [0.1, 0.15) is 39.3 Å². The zero-order chi connectivity index (χ0) is 6.36. The van der Waals surface area contributed by atoms with Crippen LogP contribution < -0.4 is 53.2 Å². The van der Waals surface area contributed by atoms with Gasteiger partial charge in [0.25, 0.3) is 0 Å². The minimum atomic E-state index is 0. The summed E-state index contributed by atoms with van der Waals surface area (Å²) in [5.74, 6) is 0. The first-order valence-electron chi connectivity index (χ1n) is 3.95. The van der Waals surface area contributed by atoms with Gasteiger partial charge in [-0.25, -0.2) is 0 Å². The molecule has 6 heteroatoms. The van der Waals surface area contributed by atoms with Crippen LogP contribution in [0.25, 0.3) is 0 Å². The van der Waals surface area contributed by atoms with E-state index in [0.29, 0.717) is 0 Å². The third-order valence-electron chi connectivity index (χ3n) is 1.72. The van der Waals surface area contributed by atoms with Crippen molar-refractivity contribution in [2.45, 2.75) is 0 Å². The molecule has 0 bridgehead atoms. The molecule has 3 nitrogen and oxygen atoms in total. The van der Waals surface area contributed by atoms with Crippen molar-refractivity contribution in [1.29, 1.82) is 0 Å². The highest BCUT2D eigenvalue weighted by atomic mass is 35.5. The molecule has 1 fully saturated rings. The summed E-state index contributed by atoms with van der Waals surface area (Å²) in [4.78, 5) is 0. The first-order chi connectivity index (χ1) is 4.50. The Kier molecular flexibility index (Phi) is 22.0. The van der Waals surface area contributed by atoms with Crippen LogP contribution in [0, 0.1) is 0 Å². The monoisotopic (exact) mass is 237 g/mol. The van der Waals surface area contributed by atoms with Crippen LogP contribution in [-0.4, -0.2) is 39.3 Å². The van der Waals surface area contributed by atoms with Gasteiger partial charge >= 0.3 is 0 Å². The van der Waals surface area contributed by atoms with E-state index in [2.05, 4.69) is 16.0 Å². The molecule has 1 rings (SSSR count). The van der Waals surface area contributed by atoms with E-state index in [1.807, 2.05) is 0 Å². The van der Waals surface area contributed by atoms with Crippen LogP contribution in [0.4, 0.5) is 0 Å². The maximum atomic E-state index is 2.40. The highest BCUT2D eigenvalue weighted by Gasteiger charge is 1.99. The van der Waals surface area contributed by atoms with Crippen molar-refractivity contribution in [2.24, 2.45) is 0 Å². The van der Waals surface area contributed by atoms with Crippen molar-refractivity contribution >= 4 is 0 Å². The molecule has 0 aliphatic carbocycles. The average molecular weight is 239 g/mol. The molecule has 0 atom stereocenters. The molecule has 0 aromatic heterocycles. The van der Waals surface area contributed by atoms with Crippen LogP contribution in [0.15, 0.2) is 0 Å². The lowest BCUT2D eigenvalue weighted by Crippen LogP contribution is -3.00. The number of hydrogen-bond acceptors (Lipinski definition) is 0. The molecule has 78 valence electrons. The van der Waals surface area contributed by atoms with Crippen molar-refractivity contribution in [3.8, 4) is 0 Å². The standard InChI is InChI=1S/C6H15N3.3ClH/c1-2-8-5-6-9-4-3-7-1;;;/h7-9H,1-6H2;3*1H. The number of hydrogen-bond donors (Lipinski definition) is 3. The van der Waals surface area contributed by atoms with Gasteiger partial charge in [0.05, 0.1) is 0 Å². The first-order valence-corrected chi connectivity index (χ1v) is 3.95. The van der Waals surface area contributed by atoms with Crippen LogP contribution in [0.3, 0.4) is 0 Å². The van der Waals surface area contributed by atoms with Gasteiger partial charge in [-0.3, -0.25) is 0 Å². The zero-order valence-electron chi connectivity index (χ0n) is 7.11. The van der Waals surface area contributed by atoms with Gasteiger partial charge < -0.3 is 53.2 Å². The Labute approximate surface area is 92.7 Å². The molecule has 0 amide bonds. The van der Waals surface area contributed by atoms with E-state index >= 15 is 0 Å². The van der Waals surface area contributed by atoms with Crippen LogP contribution in [0.1, 0.15) is 0 Å². The summed E-state index contributed by atoms with van der Waals surface area (Å²) in [7, 11) is 0. The second kappa shape index (κ2) is 14.3. The van der Waals surface area contributed by atoms with Crippen molar-refractivity contribution < 1.29 is 53.2 Å². The maximum Gasteiger partial charge on any atom is 0.125 e.